The molecule has 3 aliphatic carbocycles. The van der Waals surface area contributed by atoms with Crippen LogP contribution in [0, 0.1) is 28.6 Å². The molecule has 2 heterocycles. The fourth-order valence-electron chi connectivity index (χ4n) is 6.67. The van der Waals surface area contributed by atoms with Crippen LogP contribution in [0.1, 0.15) is 52.4 Å². The fraction of sp³-hybridized carbons (Fsp3) is 0.667. The molecule has 3 fully saturated rings. The Bertz CT molecular complexity index is 795. The monoisotopic (exact) mass is 352 g/mol. The smallest absolute Gasteiger partial charge is 0.220 e. The van der Waals surface area contributed by atoms with Gasteiger partial charge in [-0.3, -0.25) is 4.79 Å². The highest BCUT2D eigenvalue weighted by Crippen LogP contribution is 2.64. The highest BCUT2D eigenvalue weighted by molar-refractivity contribution is 5.76. The number of rotatable bonds is 1. The van der Waals surface area contributed by atoms with Crippen LogP contribution in [-0.2, 0) is 4.79 Å². The third kappa shape index (κ3) is 2.12. The van der Waals surface area contributed by atoms with Gasteiger partial charge in [0.05, 0.1) is 18.1 Å². The van der Waals surface area contributed by atoms with E-state index in [1.807, 2.05) is 10.9 Å². The molecule has 0 radical (unpaired) electrons. The predicted molar refractivity (Wildman–Crippen MR) is 99.8 cm³/mol. The number of allylic oxidation sites excluding steroid dienone is 4. The van der Waals surface area contributed by atoms with Gasteiger partial charge in [0, 0.05) is 18.4 Å². The zero-order valence-electron chi connectivity index (χ0n) is 15.7. The molecular weight excluding hydrogens is 324 g/mol. The van der Waals surface area contributed by atoms with Gasteiger partial charge in [-0.1, -0.05) is 30.7 Å². The van der Waals surface area contributed by atoms with Gasteiger partial charge in [0.25, 0.3) is 0 Å². The van der Waals surface area contributed by atoms with E-state index >= 15 is 0 Å². The molecular formula is C21H28N4O. The topological polar surface area (TPSA) is 59.8 Å². The molecule has 1 aliphatic heterocycles. The first-order valence-corrected chi connectivity index (χ1v) is 10.1. The van der Waals surface area contributed by atoms with Crippen molar-refractivity contribution >= 4 is 11.6 Å². The maximum atomic E-state index is 12.1. The van der Waals surface area contributed by atoms with Crippen molar-refractivity contribution in [3.63, 3.8) is 0 Å². The predicted octanol–water partition coefficient (Wildman–Crippen LogP) is 3.42. The van der Waals surface area contributed by atoms with E-state index in [9.17, 15) is 4.79 Å². The van der Waals surface area contributed by atoms with Crippen LogP contribution in [0.4, 0.5) is 0 Å². The molecule has 4 aliphatic rings. The van der Waals surface area contributed by atoms with Crippen molar-refractivity contribution < 1.29 is 4.79 Å². The van der Waals surface area contributed by atoms with Gasteiger partial charge in [-0.05, 0) is 61.3 Å². The van der Waals surface area contributed by atoms with E-state index in [1.54, 1.807) is 11.8 Å². The molecule has 5 heteroatoms. The molecule has 1 aromatic heterocycles. The average Bonchev–Trinajstić information content (AvgIpc) is 3.20. The van der Waals surface area contributed by atoms with Crippen LogP contribution in [0.15, 0.2) is 30.1 Å². The minimum Gasteiger partial charge on any atom is -0.356 e. The third-order valence-corrected chi connectivity index (χ3v) is 8.16. The molecule has 0 spiro atoms. The van der Waals surface area contributed by atoms with Crippen molar-refractivity contribution in [1.29, 1.82) is 0 Å². The molecule has 1 aromatic rings. The molecule has 5 atom stereocenters. The van der Waals surface area contributed by atoms with Gasteiger partial charge >= 0.3 is 0 Å². The summed E-state index contributed by atoms with van der Waals surface area (Å²) in [6.45, 7) is 5.70. The number of amides is 1. The van der Waals surface area contributed by atoms with Crippen molar-refractivity contribution in [2.24, 2.45) is 28.6 Å². The second-order valence-electron chi connectivity index (χ2n) is 9.19. The van der Waals surface area contributed by atoms with E-state index in [4.69, 9.17) is 0 Å². The molecule has 26 heavy (non-hydrogen) atoms. The highest BCUT2D eigenvalue weighted by Gasteiger charge is 2.56. The summed E-state index contributed by atoms with van der Waals surface area (Å²) in [5.74, 6) is 2.13. The molecule has 138 valence electrons. The van der Waals surface area contributed by atoms with Crippen LogP contribution in [0.3, 0.4) is 0 Å². The maximum Gasteiger partial charge on any atom is 0.220 e. The largest absolute Gasteiger partial charge is 0.356 e. The van der Waals surface area contributed by atoms with Crippen molar-refractivity contribution in [3.8, 4) is 0 Å². The number of fused-ring (bicyclic) bond motifs is 5. The lowest BCUT2D eigenvalue weighted by atomic mass is 9.48. The van der Waals surface area contributed by atoms with Crippen molar-refractivity contribution in [2.45, 2.75) is 52.4 Å². The van der Waals surface area contributed by atoms with Gasteiger partial charge in [-0.25, -0.2) is 4.68 Å². The number of nitrogens with one attached hydrogen (secondary N) is 1. The Hall–Kier alpha value is -1.91. The number of carbonyl (C=O) groups excluding carboxylic acids is 1. The first kappa shape index (κ1) is 16.3. The molecule has 0 bridgehead atoms. The van der Waals surface area contributed by atoms with E-state index in [0.29, 0.717) is 17.8 Å². The Morgan fingerprint density at radius 3 is 2.88 bits per heavy atom. The Labute approximate surface area is 154 Å². The summed E-state index contributed by atoms with van der Waals surface area (Å²) in [5.41, 5.74) is 3.23. The number of carbonyl (C=O) groups is 1. The average molecular weight is 352 g/mol. The Morgan fingerprint density at radius 2 is 2.08 bits per heavy atom. The zero-order valence-corrected chi connectivity index (χ0v) is 15.7. The van der Waals surface area contributed by atoms with Crippen LogP contribution < -0.4 is 5.32 Å². The van der Waals surface area contributed by atoms with Gasteiger partial charge in [-0.15, -0.1) is 5.10 Å². The van der Waals surface area contributed by atoms with E-state index in [0.717, 1.165) is 25.8 Å². The molecule has 1 amide bonds. The normalized spacial score (nSPS) is 41.9. The fourth-order valence-corrected chi connectivity index (χ4v) is 6.67. The van der Waals surface area contributed by atoms with E-state index in [2.05, 4.69) is 41.6 Å². The van der Waals surface area contributed by atoms with Crippen molar-refractivity contribution in [1.82, 2.24) is 20.3 Å². The molecule has 1 N–H and O–H groups in total. The summed E-state index contributed by atoms with van der Waals surface area (Å²) in [6, 6.07) is 0. The SMILES string of the molecule is C[C@]12CC[C@H]3[C@@H](CCC4CC(=O)NCC[C@@]43C)C1=CC=C2n1ccnn1. The summed E-state index contributed by atoms with van der Waals surface area (Å²) in [7, 11) is 0. The van der Waals surface area contributed by atoms with Gasteiger partial charge in [-0.2, -0.15) is 0 Å². The summed E-state index contributed by atoms with van der Waals surface area (Å²) in [5, 5.41) is 11.4. The Kier molecular flexibility index (Phi) is 3.47. The van der Waals surface area contributed by atoms with E-state index in [-0.39, 0.29) is 16.7 Å². The van der Waals surface area contributed by atoms with Crippen molar-refractivity contribution in [3.05, 3.63) is 30.1 Å². The lowest BCUT2D eigenvalue weighted by Gasteiger charge is -2.56. The van der Waals surface area contributed by atoms with E-state index in [1.165, 1.54) is 25.0 Å². The standard InChI is InChI=1S/C21H28N4O/c1-20-9-10-22-19(26)13-14(20)3-4-15-16-5-6-18(25-12-11-23-24-25)21(16,2)8-7-17(15)20/h5-6,11-12,14-15,17H,3-4,7-10,13H2,1-2H3,(H,22,26)/t14?,15-,17-,20-,21-/m0/s1. The third-order valence-electron chi connectivity index (χ3n) is 8.16. The second-order valence-corrected chi connectivity index (χ2v) is 9.19. The van der Waals surface area contributed by atoms with Gasteiger partial charge in [0.2, 0.25) is 5.91 Å². The van der Waals surface area contributed by atoms with E-state index < -0.39 is 0 Å². The number of nitrogens with zero attached hydrogens (tertiary/aromatic N) is 3. The van der Waals surface area contributed by atoms with Crippen LogP contribution in [-0.4, -0.2) is 27.4 Å². The molecule has 5 rings (SSSR count). The van der Waals surface area contributed by atoms with Crippen LogP contribution in [0.25, 0.3) is 5.70 Å². The lowest BCUT2D eigenvalue weighted by Crippen LogP contribution is -2.49. The number of hydrogen-bond acceptors (Lipinski definition) is 3. The summed E-state index contributed by atoms with van der Waals surface area (Å²) in [6.07, 6.45) is 15.0. The first-order valence-electron chi connectivity index (χ1n) is 10.1. The lowest BCUT2D eigenvalue weighted by molar-refractivity contribution is -0.123. The number of hydrogen-bond donors (Lipinski definition) is 1. The van der Waals surface area contributed by atoms with Crippen molar-refractivity contribution in [2.75, 3.05) is 6.54 Å². The number of aromatic nitrogens is 3. The second kappa shape index (κ2) is 5.54. The van der Waals surface area contributed by atoms with Crippen LogP contribution >= 0.6 is 0 Å². The molecule has 1 saturated heterocycles. The maximum absolute atomic E-state index is 12.1. The molecule has 5 nitrogen and oxygen atoms in total. The molecule has 0 aromatic carbocycles. The molecule has 2 saturated carbocycles. The van der Waals surface area contributed by atoms with Gasteiger partial charge < -0.3 is 5.32 Å². The molecule has 1 unspecified atom stereocenters. The van der Waals surface area contributed by atoms with Gasteiger partial charge in [0.1, 0.15) is 0 Å². The quantitative estimate of drug-likeness (QED) is 0.842. The summed E-state index contributed by atoms with van der Waals surface area (Å²) in [4.78, 5) is 12.1. The summed E-state index contributed by atoms with van der Waals surface area (Å²) < 4.78 is 1.95. The zero-order chi connectivity index (χ0) is 17.9. The Balaban J connectivity index is 1.47. The van der Waals surface area contributed by atoms with Crippen LogP contribution in [0.5, 0.6) is 0 Å². The van der Waals surface area contributed by atoms with Crippen LogP contribution in [0.2, 0.25) is 0 Å². The Morgan fingerprint density at radius 1 is 1.19 bits per heavy atom. The minimum absolute atomic E-state index is 0.0802. The highest BCUT2D eigenvalue weighted by atomic mass is 16.1. The minimum atomic E-state index is 0.0802. The van der Waals surface area contributed by atoms with Gasteiger partial charge in [0.15, 0.2) is 0 Å². The first-order chi connectivity index (χ1) is 12.5. The summed E-state index contributed by atoms with van der Waals surface area (Å²) >= 11 is 0.